The van der Waals surface area contributed by atoms with E-state index in [1.807, 2.05) is 24.3 Å². The molecule has 0 bridgehead atoms. The fourth-order valence-corrected chi connectivity index (χ4v) is 3.65. The largest absolute Gasteiger partial charge is 0.352 e. The van der Waals surface area contributed by atoms with Crippen molar-refractivity contribution in [2.75, 3.05) is 6.54 Å². The molecular formula is C24H23FN2. The number of para-hydroxylation sites is 1. The topological polar surface area (TPSA) is 41.8 Å². The van der Waals surface area contributed by atoms with E-state index in [0.717, 1.165) is 35.9 Å². The van der Waals surface area contributed by atoms with Crippen LogP contribution >= 0.6 is 0 Å². The summed E-state index contributed by atoms with van der Waals surface area (Å²) in [5.41, 5.74) is 11.9. The molecule has 0 atom stereocenters. The van der Waals surface area contributed by atoms with Gasteiger partial charge in [-0.15, -0.1) is 0 Å². The summed E-state index contributed by atoms with van der Waals surface area (Å²) in [6, 6.07) is 24.0. The van der Waals surface area contributed by atoms with Crippen molar-refractivity contribution in [3.8, 4) is 22.4 Å². The number of H-pyrrole nitrogens is 1. The number of rotatable bonds is 6. The van der Waals surface area contributed by atoms with E-state index >= 15 is 0 Å². The standard InChI is InChI=1S/C24H23FN2/c25-22-11-6-10-21-20(9-4-5-16-26)23(27-24(21)22)19-14-12-18(13-15-19)17-7-2-1-3-8-17/h1-3,6-8,10-15,27H,4-5,9,16,26H2. The number of nitrogens with one attached hydrogen (secondary N) is 1. The number of halogens is 1. The van der Waals surface area contributed by atoms with Gasteiger partial charge < -0.3 is 10.7 Å². The fraction of sp³-hybridized carbons (Fsp3) is 0.167. The zero-order valence-corrected chi connectivity index (χ0v) is 15.2. The molecule has 2 nitrogen and oxygen atoms in total. The Bertz CT molecular complexity index is 1030. The van der Waals surface area contributed by atoms with Crippen LogP contribution < -0.4 is 5.73 Å². The number of fused-ring (bicyclic) bond motifs is 1. The van der Waals surface area contributed by atoms with Gasteiger partial charge in [0.2, 0.25) is 0 Å². The Morgan fingerprint density at radius 1 is 0.741 bits per heavy atom. The molecule has 0 fully saturated rings. The number of nitrogens with two attached hydrogens (primary N) is 1. The van der Waals surface area contributed by atoms with Gasteiger partial charge in [-0.3, -0.25) is 0 Å². The van der Waals surface area contributed by atoms with Crippen LogP contribution in [0.4, 0.5) is 4.39 Å². The molecule has 0 aliphatic carbocycles. The van der Waals surface area contributed by atoms with Crippen molar-refractivity contribution in [2.24, 2.45) is 5.73 Å². The van der Waals surface area contributed by atoms with Gasteiger partial charge in [0.05, 0.1) is 5.52 Å². The number of aryl methyl sites for hydroxylation is 1. The second-order valence-corrected chi connectivity index (χ2v) is 6.83. The second-order valence-electron chi connectivity index (χ2n) is 6.83. The molecule has 1 aromatic heterocycles. The number of hydrogen-bond donors (Lipinski definition) is 2. The molecule has 0 amide bonds. The van der Waals surface area contributed by atoms with Gasteiger partial charge in [0.25, 0.3) is 0 Å². The predicted molar refractivity (Wildman–Crippen MR) is 111 cm³/mol. The third-order valence-corrected chi connectivity index (χ3v) is 5.05. The highest BCUT2D eigenvalue weighted by molar-refractivity contribution is 5.91. The molecule has 0 aliphatic rings. The van der Waals surface area contributed by atoms with E-state index in [0.29, 0.717) is 12.1 Å². The number of unbranched alkanes of at least 4 members (excludes halogenated alkanes) is 1. The Hall–Kier alpha value is -2.91. The minimum atomic E-state index is -0.209. The normalized spacial score (nSPS) is 11.2. The lowest BCUT2D eigenvalue weighted by Crippen LogP contribution is -1.99. The predicted octanol–water partition coefficient (Wildman–Crippen LogP) is 5.92. The average Bonchev–Trinajstić information content (AvgIpc) is 3.09. The molecule has 1 heterocycles. The maximum Gasteiger partial charge on any atom is 0.147 e. The molecule has 0 saturated heterocycles. The summed E-state index contributed by atoms with van der Waals surface area (Å²) in [4.78, 5) is 3.33. The summed E-state index contributed by atoms with van der Waals surface area (Å²) in [5, 5.41) is 0.967. The van der Waals surface area contributed by atoms with E-state index in [1.54, 1.807) is 6.07 Å². The first-order chi connectivity index (χ1) is 13.3. The Kier molecular flexibility index (Phi) is 5.03. The first-order valence-electron chi connectivity index (χ1n) is 9.43. The summed E-state index contributed by atoms with van der Waals surface area (Å²) in [7, 11) is 0. The third kappa shape index (κ3) is 3.51. The van der Waals surface area contributed by atoms with Crippen LogP contribution in [-0.2, 0) is 6.42 Å². The molecule has 3 N–H and O–H groups in total. The van der Waals surface area contributed by atoms with E-state index in [4.69, 9.17) is 5.73 Å². The van der Waals surface area contributed by atoms with Gasteiger partial charge >= 0.3 is 0 Å². The van der Waals surface area contributed by atoms with Crippen molar-refractivity contribution < 1.29 is 4.39 Å². The molecule has 4 aromatic rings. The molecule has 0 aliphatic heterocycles. The van der Waals surface area contributed by atoms with Gasteiger partial charge in [-0.2, -0.15) is 0 Å². The van der Waals surface area contributed by atoms with Gasteiger partial charge in [-0.05, 0) is 54.1 Å². The van der Waals surface area contributed by atoms with Crippen LogP contribution in [0.1, 0.15) is 18.4 Å². The molecule has 3 aromatic carbocycles. The van der Waals surface area contributed by atoms with Crippen molar-refractivity contribution in [1.82, 2.24) is 4.98 Å². The average molecular weight is 358 g/mol. The molecule has 136 valence electrons. The Balaban J connectivity index is 1.76. The zero-order chi connectivity index (χ0) is 18.6. The Morgan fingerprint density at radius 3 is 2.19 bits per heavy atom. The molecule has 0 radical (unpaired) electrons. The van der Waals surface area contributed by atoms with E-state index in [2.05, 4.69) is 41.4 Å². The summed E-state index contributed by atoms with van der Waals surface area (Å²) < 4.78 is 14.3. The molecular weight excluding hydrogens is 335 g/mol. The molecule has 0 saturated carbocycles. The molecule has 0 unspecified atom stereocenters. The summed E-state index contributed by atoms with van der Waals surface area (Å²) >= 11 is 0. The smallest absolute Gasteiger partial charge is 0.147 e. The van der Waals surface area contributed by atoms with Crippen LogP contribution in [-0.4, -0.2) is 11.5 Å². The van der Waals surface area contributed by atoms with Crippen LogP contribution in [0.5, 0.6) is 0 Å². The van der Waals surface area contributed by atoms with Crippen LogP contribution in [0.15, 0.2) is 72.8 Å². The maximum atomic E-state index is 14.3. The third-order valence-electron chi connectivity index (χ3n) is 5.05. The molecule has 4 rings (SSSR count). The Labute approximate surface area is 158 Å². The lowest BCUT2D eigenvalue weighted by Gasteiger charge is -2.07. The molecule has 27 heavy (non-hydrogen) atoms. The Morgan fingerprint density at radius 2 is 1.44 bits per heavy atom. The van der Waals surface area contributed by atoms with E-state index < -0.39 is 0 Å². The first kappa shape index (κ1) is 17.5. The van der Waals surface area contributed by atoms with Gasteiger partial charge in [-0.1, -0.05) is 66.7 Å². The van der Waals surface area contributed by atoms with Crippen LogP contribution in [0.2, 0.25) is 0 Å². The highest BCUT2D eigenvalue weighted by atomic mass is 19.1. The number of aromatic nitrogens is 1. The molecule has 3 heteroatoms. The second kappa shape index (κ2) is 7.77. The number of aromatic amines is 1. The van der Waals surface area contributed by atoms with Crippen molar-refractivity contribution >= 4 is 10.9 Å². The van der Waals surface area contributed by atoms with Crippen molar-refractivity contribution in [2.45, 2.75) is 19.3 Å². The monoisotopic (exact) mass is 358 g/mol. The zero-order valence-electron chi connectivity index (χ0n) is 15.2. The first-order valence-corrected chi connectivity index (χ1v) is 9.43. The van der Waals surface area contributed by atoms with Crippen LogP contribution in [0.25, 0.3) is 33.3 Å². The lowest BCUT2D eigenvalue weighted by atomic mass is 9.98. The quantitative estimate of drug-likeness (QED) is 0.413. The minimum Gasteiger partial charge on any atom is -0.352 e. The van der Waals surface area contributed by atoms with Gasteiger partial charge in [-0.25, -0.2) is 4.39 Å². The maximum absolute atomic E-state index is 14.3. The summed E-state index contributed by atoms with van der Waals surface area (Å²) in [5.74, 6) is -0.209. The minimum absolute atomic E-state index is 0.209. The van der Waals surface area contributed by atoms with Gasteiger partial charge in [0.1, 0.15) is 5.82 Å². The fourth-order valence-electron chi connectivity index (χ4n) is 3.65. The van der Waals surface area contributed by atoms with E-state index in [1.165, 1.54) is 22.8 Å². The van der Waals surface area contributed by atoms with E-state index in [-0.39, 0.29) is 5.82 Å². The van der Waals surface area contributed by atoms with Crippen molar-refractivity contribution in [3.05, 3.63) is 84.2 Å². The highest BCUT2D eigenvalue weighted by Crippen LogP contribution is 2.33. The summed E-state index contributed by atoms with van der Waals surface area (Å²) in [6.07, 6.45) is 2.85. The van der Waals surface area contributed by atoms with Gasteiger partial charge in [0.15, 0.2) is 0 Å². The number of benzene rings is 3. The molecule has 0 spiro atoms. The summed E-state index contributed by atoms with van der Waals surface area (Å²) in [6.45, 7) is 0.678. The van der Waals surface area contributed by atoms with Crippen LogP contribution in [0, 0.1) is 5.82 Å². The van der Waals surface area contributed by atoms with E-state index in [9.17, 15) is 4.39 Å². The lowest BCUT2D eigenvalue weighted by molar-refractivity contribution is 0.637. The SMILES string of the molecule is NCCCCc1c(-c2ccc(-c3ccccc3)cc2)[nH]c2c(F)cccc12. The van der Waals surface area contributed by atoms with Gasteiger partial charge in [0, 0.05) is 11.1 Å². The van der Waals surface area contributed by atoms with Crippen molar-refractivity contribution in [3.63, 3.8) is 0 Å². The van der Waals surface area contributed by atoms with Crippen LogP contribution in [0.3, 0.4) is 0 Å². The number of hydrogen-bond acceptors (Lipinski definition) is 1. The highest BCUT2D eigenvalue weighted by Gasteiger charge is 2.15. The van der Waals surface area contributed by atoms with Crippen molar-refractivity contribution in [1.29, 1.82) is 0 Å².